The smallest absolute Gasteiger partial charge is 0.339 e. The fourth-order valence-corrected chi connectivity index (χ4v) is 2.43. The predicted octanol–water partition coefficient (Wildman–Crippen LogP) is 0.985. The van der Waals surface area contributed by atoms with Gasteiger partial charge in [-0.1, -0.05) is 0 Å². The van der Waals surface area contributed by atoms with Crippen LogP contribution in [0, 0.1) is 0 Å². The van der Waals surface area contributed by atoms with Crippen molar-refractivity contribution in [3.63, 3.8) is 0 Å². The molecule has 82 valence electrons. The summed E-state index contributed by atoms with van der Waals surface area (Å²) in [6.45, 7) is 0. The van der Waals surface area contributed by atoms with Crippen LogP contribution in [-0.2, 0) is 9.15 Å². The SMILES string of the molecule is O=C(O)c1cc(SS(=O)(=O)O)ccc1O. The van der Waals surface area contributed by atoms with Gasteiger partial charge in [-0.25, -0.2) is 4.79 Å². The number of carboxylic acids is 1. The Morgan fingerprint density at radius 2 is 1.93 bits per heavy atom. The molecule has 0 amide bonds. The Labute approximate surface area is 88.7 Å². The van der Waals surface area contributed by atoms with E-state index < -0.39 is 26.4 Å². The maximum Gasteiger partial charge on any atom is 0.339 e. The Morgan fingerprint density at radius 3 is 2.40 bits per heavy atom. The summed E-state index contributed by atoms with van der Waals surface area (Å²) in [6.07, 6.45) is 0. The summed E-state index contributed by atoms with van der Waals surface area (Å²) in [6, 6.07) is 3.17. The van der Waals surface area contributed by atoms with Crippen LogP contribution in [0.15, 0.2) is 23.1 Å². The molecule has 15 heavy (non-hydrogen) atoms. The average molecular weight is 250 g/mol. The molecule has 8 heteroatoms. The van der Waals surface area contributed by atoms with Gasteiger partial charge in [0.1, 0.15) is 11.3 Å². The maximum atomic E-state index is 10.6. The first-order valence-electron chi connectivity index (χ1n) is 3.53. The lowest BCUT2D eigenvalue weighted by Crippen LogP contribution is -1.97. The first-order valence-corrected chi connectivity index (χ1v) is 6.30. The molecule has 3 N–H and O–H groups in total. The molecular weight excluding hydrogens is 244 g/mol. The predicted molar refractivity (Wildman–Crippen MR) is 52.5 cm³/mol. The maximum absolute atomic E-state index is 10.6. The molecule has 0 unspecified atom stereocenters. The molecule has 0 radical (unpaired) electrons. The zero-order chi connectivity index (χ0) is 11.6. The van der Waals surface area contributed by atoms with E-state index in [0.29, 0.717) is 0 Å². The van der Waals surface area contributed by atoms with Crippen LogP contribution in [0.2, 0.25) is 0 Å². The highest BCUT2D eigenvalue weighted by Crippen LogP contribution is 2.28. The lowest BCUT2D eigenvalue weighted by atomic mass is 10.2. The van der Waals surface area contributed by atoms with Crippen molar-refractivity contribution in [2.24, 2.45) is 0 Å². The van der Waals surface area contributed by atoms with E-state index in [-0.39, 0.29) is 15.7 Å². The van der Waals surface area contributed by atoms with Crippen molar-refractivity contribution < 1.29 is 28.0 Å². The zero-order valence-corrected chi connectivity index (χ0v) is 8.75. The Balaban J connectivity index is 3.14. The van der Waals surface area contributed by atoms with Gasteiger partial charge in [0, 0.05) is 15.7 Å². The number of benzene rings is 1. The van der Waals surface area contributed by atoms with Crippen molar-refractivity contribution in [3.8, 4) is 5.75 Å². The number of hydrogen-bond acceptors (Lipinski definition) is 5. The lowest BCUT2D eigenvalue weighted by Gasteiger charge is -2.01. The summed E-state index contributed by atoms with van der Waals surface area (Å²) in [5.74, 6) is -1.85. The van der Waals surface area contributed by atoms with Crippen LogP contribution in [0.4, 0.5) is 0 Å². The minimum absolute atomic E-state index is 0.00713. The van der Waals surface area contributed by atoms with Crippen molar-refractivity contribution in [1.29, 1.82) is 0 Å². The quantitative estimate of drug-likeness (QED) is 0.541. The monoisotopic (exact) mass is 250 g/mol. The Morgan fingerprint density at radius 1 is 1.33 bits per heavy atom. The number of phenols is 1. The molecule has 0 saturated carbocycles. The summed E-state index contributed by atoms with van der Waals surface area (Å²) in [5, 5.41) is 17.7. The summed E-state index contributed by atoms with van der Waals surface area (Å²) in [5.41, 5.74) is -0.427. The first-order chi connectivity index (χ1) is 6.79. The van der Waals surface area contributed by atoms with Crippen LogP contribution in [0.5, 0.6) is 5.75 Å². The highest BCUT2D eigenvalue weighted by molar-refractivity contribution is 8.69. The number of rotatable bonds is 3. The third-order valence-electron chi connectivity index (χ3n) is 1.40. The third kappa shape index (κ3) is 3.42. The van der Waals surface area contributed by atoms with Gasteiger partial charge in [-0.2, -0.15) is 8.42 Å². The topological polar surface area (TPSA) is 112 Å². The highest BCUT2D eigenvalue weighted by Gasteiger charge is 2.14. The number of aromatic carboxylic acids is 1. The van der Waals surface area contributed by atoms with Gasteiger partial charge < -0.3 is 10.2 Å². The molecule has 0 bridgehead atoms. The van der Waals surface area contributed by atoms with E-state index in [1.54, 1.807) is 0 Å². The molecule has 0 aliphatic carbocycles. The van der Waals surface area contributed by atoms with Crippen LogP contribution in [0.25, 0.3) is 0 Å². The van der Waals surface area contributed by atoms with Crippen molar-refractivity contribution in [2.75, 3.05) is 0 Å². The van der Waals surface area contributed by atoms with Gasteiger partial charge in [0.25, 0.3) is 0 Å². The van der Waals surface area contributed by atoms with Gasteiger partial charge in [0.15, 0.2) is 0 Å². The largest absolute Gasteiger partial charge is 0.507 e. The molecular formula is C7H6O6S2. The van der Waals surface area contributed by atoms with E-state index in [9.17, 15) is 13.2 Å². The van der Waals surface area contributed by atoms with Crippen LogP contribution < -0.4 is 0 Å². The van der Waals surface area contributed by atoms with Gasteiger partial charge in [-0.3, -0.25) is 4.55 Å². The molecule has 0 saturated heterocycles. The molecule has 0 aromatic heterocycles. The Bertz CT molecular complexity index is 492. The molecule has 1 rings (SSSR count). The summed E-state index contributed by atoms with van der Waals surface area (Å²) < 4.78 is 29.4. The van der Waals surface area contributed by atoms with E-state index >= 15 is 0 Å². The second kappa shape index (κ2) is 4.09. The normalized spacial score (nSPS) is 11.3. The Hall–Kier alpha value is -1.25. The lowest BCUT2D eigenvalue weighted by molar-refractivity contribution is 0.0693. The van der Waals surface area contributed by atoms with E-state index in [1.807, 2.05) is 0 Å². The average Bonchev–Trinajstić information content (AvgIpc) is 2.05. The number of hydrogen-bond donors (Lipinski definition) is 3. The third-order valence-corrected chi connectivity index (χ3v) is 3.27. The number of carboxylic acid groups (broad SMARTS) is 1. The van der Waals surface area contributed by atoms with E-state index in [4.69, 9.17) is 14.8 Å². The van der Waals surface area contributed by atoms with Gasteiger partial charge >= 0.3 is 15.1 Å². The Kier molecular flexibility index (Phi) is 3.22. The van der Waals surface area contributed by atoms with E-state index in [2.05, 4.69) is 0 Å². The van der Waals surface area contributed by atoms with Gasteiger partial charge in [0.05, 0.1) is 0 Å². The molecule has 0 aliphatic rings. The molecule has 0 aliphatic heterocycles. The van der Waals surface area contributed by atoms with Crippen molar-refractivity contribution in [2.45, 2.75) is 4.90 Å². The van der Waals surface area contributed by atoms with Gasteiger partial charge in [-0.15, -0.1) is 0 Å². The minimum atomic E-state index is -4.29. The molecule has 0 spiro atoms. The molecule has 0 atom stereocenters. The van der Waals surface area contributed by atoms with Crippen LogP contribution in [0.3, 0.4) is 0 Å². The van der Waals surface area contributed by atoms with Gasteiger partial charge in [-0.05, 0) is 18.2 Å². The van der Waals surface area contributed by atoms with Crippen molar-refractivity contribution >= 4 is 25.9 Å². The molecule has 0 fully saturated rings. The van der Waals surface area contributed by atoms with E-state index in [1.165, 1.54) is 6.07 Å². The summed E-state index contributed by atoms with van der Waals surface area (Å²) in [4.78, 5) is 10.6. The standard InChI is InChI=1S/C7H6O6S2/c8-6-2-1-4(14-15(11,12)13)3-5(6)7(9)10/h1-3,8H,(H,9,10)(H,11,12,13). The first kappa shape index (κ1) is 11.8. The zero-order valence-electron chi connectivity index (χ0n) is 7.11. The van der Waals surface area contributed by atoms with Crippen LogP contribution in [-0.4, -0.2) is 29.2 Å². The van der Waals surface area contributed by atoms with Crippen molar-refractivity contribution in [1.82, 2.24) is 0 Å². The fourth-order valence-electron chi connectivity index (χ4n) is 0.860. The second-order valence-electron chi connectivity index (χ2n) is 2.50. The van der Waals surface area contributed by atoms with E-state index in [0.717, 1.165) is 12.1 Å². The molecule has 1 aromatic carbocycles. The molecule has 0 heterocycles. The summed E-state index contributed by atoms with van der Waals surface area (Å²) in [7, 11) is -4.20. The van der Waals surface area contributed by atoms with Crippen LogP contribution in [0.1, 0.15) is 10.4 Å². The van der Waals surface area contributed by atoms with Crippen LogP contribution >= 0.6 is 10.8 Å². The van der Waals surface area contributed by atoms with Gasteiger partial charge in [0.2, 0.25) is 0 Å². The fraction of sp³-hybridized carbons (Fsp3) is 0. The number of carbonyl (C=O) groups is 1. The molecule has 6 nitrogen and oxygen atoms in total. The number of aromatic hydroxyl groups is 1. The second-order valence-corrected chi connectivity index (χ2v) is 5.75. The summed E-state index contributed by atoms with van der Waals surface area (Å²) >= 11 is 0. The molecule has 1 aromatic rings. The van der Waals surface area contributed by atoms with Crippen molar-refractivity contribution in [3.05, 3.63) is 23.8 Å². The minimum Gasteiger partial charge on any atom is -0.507 e. The highest BCUT2D eigenvalue weighted by atomic mass is 33.1.